The van der Waals surface area contributed by atoms with E-state index in [9.17, 15) is 4.79 Å². The van der Waals surface area contributed by atoms with Crippen LogP contribution in [0.2, 0.25) is 0 Å². The molecular weight excluding hydrogens is 302 g/mol. The average molecular weight is 325 g/mol. The van der Waals surface area contributed by atoms with E-state index >= 15 is 0 Å². The van der Waals surface area contributed by atoms with Crippen molar-refractivity contribution in [3.63, 3.8) is 0 Å². The summed E-state index contributed by atoms with van der Waals surface area (Å²) in [4.78, 5) is 20.9. The number of fused-ring (bicyclic) bond motifs is 1. The fourth-order valence-electron chi connectivity index (χ4n) is 3.89. The van der Waals surface area contributed by atoms with Gasteiger partial charge in [0.15, 0.2) is 0 Å². The fraction of sp³-hybridized carbons (Fsp3) is 0.556. The molecule has 0 aliphatic heterocycles. The van der Waals surface area contributed by atoms with E-state index in [4.69, 9.17) is 0 Å². The molecule has 0 spiro atoms. The maximum absolute atomic E-state index is 12.4. The molecular formula is C18H23N5O. The molecule has 2 aliphatic rings. The van der Waals surface area contributed by atoms with Gasteiger partial charge in [0.1, 0.15) is 11.6 Å². The molecule has 6 nitrogen and oxygen atoms in total. The van der Waals surface area contributed by atoms with E-state index in [1.807, 2.05) is 19.1 Å². The van der Waals surface area contributed by atoms with E-state index < -0.39 is 0 Å². The first kappa shape index (κ1) is 15.3. The molecule has 126 valence electrons. The quantitative estimate of drug-likeness (QED) is 0.938. The van der Waals surface area contributed by atoms with Crippen LogP contribution in [0.15, 0.2) is 23.1 Å². The Morgan fingerprint density at radius 2 is 2.04 bits per heavy atom. The first-order valence-corrected chi connectivity index (χ1v) is 8.87. The van der Waals surface area contributed by atoms with Crippen LogP contribution in [0, 0.1) is 6.92 Å². The summed E-state index contributed by atoms with van der Waals surface area (Å²) in [6.07, 6.45) is 8.94. The first-order chi connectivity index (χ1) is 11.7. The molecule has 6 heteroatoms. The summed E-state index contributed by atoms with van der Waals surface area (Å²) in [5.41, 5.74) is 2.36. The van der Waals surface area contributed by atoms with E-state index in [-0.39, 0.29) is 11.6 Å². The Hall–Kier alpha value is -2.24. The van der Waals surface area contributed by atoms with Crippen LogP contribution in [0.3, 0.4) is 0 Å². The number of rotatable bonds is 3. The Morgan fingerprint density at radius 1 is 1.21 bits per heavy atom. The Labute approximate surface area is 141 Å². The Morgan fingerprint density at radius 3 is 2.83 bits per heavy atom. The van der Waals surface area contributed by atoms with Crippen LogP contribution in [0.25, 0.3) is 0 Å². The van der Waals surface area contributed by atoms with E-state index in [0.29, 0.717) is 6.04 Å². The van der Waals surface area contributed by atoms with Crippen LogP contribution < -0.4 is 10.9 Å². The van der Waals surface area contributed by atoms with Crippen LogP contribution in [0.4, 0.5) is 5.82 Å². The van der Waals surface area contributed by atoms with Crippen LogP contribution >= 0.6 is 0 Å². The SMILES string of the molecule is Cc1nccc(NC2CCC(n3nc4c(cc3=O)CCC4)CC2)n1. The smallest absolute Gasteiger partial charge is 0.267 e. The van der Waals surface area contributed by atoms with Crippen LogP contribution in [0.1, 0.15) is 55.2 Å². The van der Waals surface area contributed by atoms with Crippen molar-refractivity contribution in [2.75, 3.05) is 5.32 Å². The van der Waals surface area contributed by atoms with Gasteiger partial charge in [0.05, 0.1) is 11.7 Å². The summed E-state index contributed by atoms with van der Waals surface area (Å²) in [6, 6.07) is 4.35. The number of nitrogens with zero attached hydrogens (tertiary/aromatic N) is 4. The largest absolute Gasteiger partial charge is 0.367 e. The summed E-state index contributed by atoms with van der Waals surface area (Å²) in [7, 11) is 0. The third kappa shape index (κ3) is 3.05. The minimum Gasteiger partial charge on any atom is -0.367 e. The van der Waals surface area contributed by atoms with Gasteiger partial charge in [-0.25, -0.2) is 14.6 Å². The van der Waals surface area contributed by atoms with Gasteiger partial charge < -0.3 is 5.32 Å². The summed E-state index contributed by atoms with van der Waals surface area (Å²) in [5, 5.41) is 8.15. The zero-order valence-electron chi connectivity index (χ0n) is 14.0. The van der Waals surface area contributed by atoms with Gasteiger partial charge in [-0.15, -0.1) is 0 Å². The Kier molecular flexibility index (Phi) is 4.04. The predicted octanol–water partition coefficient (Wildman–Crippen LogP) is 2.43. The number of aromatic nitrogens is 4. The van der Waals surface area contributed by atoms with Crippen molar-refractivity contribution in [3.8, 4) is 0 Å². The van der Waals surface area contributed by atoms with E-state index in [1.54, 1.807) is 10.9 Å². The number of hydrogen-bond donors (Lipinski definition) is 1. The standard InChI is InChI=1S/C18H23N5O/c1-12-19-10-9-17(20-12)21-14-5-7-15(8-6-14)23-18(24)11-13-3-2-4-16(13)22-23/h9-11,14-15H,2-8H2,1H3,(H,19,20,21). The highest BCUT2D eigenvalue weighted by atomic mass is 16.1. The molecule has 2 aliphatic carbocycles. The zero-order chi connectivity index (χ0) is 16.5. The van der Waals surface area contributed by atoms with E-state index in [0.717, 1.165) is 67.8 Å². The lowest BCUT2D eigenvalue weighted by Gasteiger charge is -2.30. The van der Waals surface area contributed by atoms with Crippen molar-refractivity contribution in [1.82, 2.24) is 19.7 Å². The van der Waals surface area contributed by atoms with Crippen molar-refractivity contribution >= 4 is 5.82 Å². The Bertz CT molecular complexity index is 792. The van der Waals surface area contributed by atoms with Gasteiger partial charge in [-0.1, -0.05) is 0 Å². The molecule has 2 aromatic heterocycles. The first-order valence-electron chi connectivity index (χ1n) is 8.87. The molecule has 0 saturated heterocycles. The summed E-state index contributed by atoms with van der Waals surface area (Å²) >= 11 is 0. The molecule has 0 atom stereocenters. The average Bonchev–Trinajstić information content (AvgIpc) is 3.02. The molecule has 1 saturated carbocycles. The number of anilines is 1. The summed E-state index contributed by atoms with van der Waals surface area (Å²) < 4.78 is 1.75. The minimum atomic E-state index is 0.0680. The second-order valence-corrected chi connectivity index (χ2v) is 6.89. The van der Waals surface area contributed by atoms with Crippen LogP contribution in [-0.4, -0.2) is 25.8 Å². The molecule has 0 bridgehead atoms. The molecule has 0 unspecified atom stereocenters. The van der Waals surface area contributed by atoms with Gasteiger partial charge in [0.25, 0.3) is 5.56 Å². The van der Waals surface area contributed by atoms with Crippen molar-refractivity contribution in [1.29, 1.82) is 0 Å². The van der Waals surface area contributed by atoms with Gasteiger partial charge >= 0.3 is 0 Å². The second-order valence-electron chi connectivity index (χ2n) is 6.89. The van der Waals surface area contributed by atoms with Crippen LogP contribution in [0.5, 0.6) is 0 Å². The van der Waals surface area contributed by atoms with Gasteiger partial charge in [0, 0.05) is 18.3 Å². The highest BCUT2D eigenvalue weighted by Gasteiger charge is 2.25. The van der Waals surface area contributed by atoms with Gasteiger partial charge in [-0.3, -0.25) is 4.79 Å². The topological polar surface area (TPSA) is 72.7 Å². The lowest BCUT2D eigenvalue weighted by molar-refractivity contribution is 0.301. The van der Waals surface area contributed by atoms with E-state index in [1.165, 1.54) is 0 Å². The lowest BCUT2D eigenvalue weighted by Crippen LogP contribution is -2.34. The van der Waals surface area contributed by atoms with Crippen molar-refractivity contribution < 1.29 is 0 Å². The molecule has 2 aromatic rings. The number of nitrogens with one attached hydrogen (secondary N) is 1. The summed E-state index contributed by atoms with van der Waals surface area (Å²) in [5.74, 6) is 1.67. The van der Waals surface area contributed by atoms with Gasteiger partial charge in [-0.2, -0.15) is 5.10 Å². The fourth-order valence-corrected chi connectivity index (χ4v) is 3.89. The third-order valence-corrected chi connectivity index (χ3v) is 5.15. The predicted molar refractivity (Wildman–Crippen MR) is 92.2 cm³/mol. The molecule has 2 heterocycles. The van der Waals surface area contributed by atoms with Gasteiger partial charge in [0.2, 0.25) is 0 Å². The lowest BCUT2D eigenvalue weighted by atomic mass is 9.91. The van der Waals surface area contributed by atoms with Crippen molar-refractivity contribution in [2.24, 2.45) is 0 Å². The number of hydrogen-bond acceptors (Lipinski definition) is 5. The number of aryl methyl sites for hydroxylation is 3. The molecule has 0 amide bonds. The van der Waals surface area contributed by atoms with Gasteiger partial charge in [-0.05, 0) is 63.5 Å². The van der Waals surface area contributed by atoms with Crippen molar-refractivity contribution in [3.05, 3.63) is 45.8 Å². The monoisotopic (exact) mass is 325 g/mol. The molecule has 4 rings (SSSR count). The minimum absolute atomic E-state index is 0.0680. The zero-order valence-corrected chi connectivity index (χ0v) is 14.0. The van der Waals surface area contributed by atoms with Crippen molar-refractivity contribution in [2.45, 2.75) is 64.0 Å². The third-order valence-electron chi connectivity index (χ3n) is 5.15. The maximum Gasteiger partial charge on any atom is 0.267 e. The second kappa shape index (κ2) is 6.34. The van der Waals surface area contributed by atoms with E-state index in [2.05, 4.69) is 20.4 Å². The molecule has 1 fully saturated rings. The highest BCUT2D eigenvalue weighted by molar-refractivity contribution is 5.34. The normalized spacial score (nSPS) is 23.0. The molecule has 24 heavy (non-hydrogen) atoms. The molecule has 0 aromatic carbocycles. The highest BCUT2D eigenvalue weighted by Crippen LogP contribution is 2.29. The molecule has 0 radical (unpaired) electrons. The Balaban J connectivity index is 1.42. The maximum atomic E-state index is 12.4. The summed E-state index contributed by atoms with van der Waals surface area (Å²) in [6.45, 7) is 1.90. The van der Waals surface area contributed by atoms with Crippen LogP contribution in [-0.2, 0) is 12.8 Å². The molecule has 1 N–H and O–H groups in total.